The molecule has 0 aliphatic heterocycles. The van der Waals surface area contributed by atoms with Crippen LogP contribution in [0.15, 0.2) is 29.2 Å². The summed E-state index contributed by atoms with van der Waals surface area (Å²) >= 11 is 0. The quantitative estimate of drug-likeness (QED) is 0.803. The zero-order valence-corrected chi connectivity index (χ0v) is 13.2. The van der Waals surface area contributed by atoms with Crippen LogP contribution < -0.4 is 10.0 Å². The first-order valence-electron chi connectivity index (χ1n) is 6.78. The number of benzene rings is 1. The highest BCUT2D eigenvalue weighted by molar-refractivity contribution is 7.89. The molecule has 118 valence electrons. The van der Waals surface area contributed by atoms with Gasteiger partial charge in [-0.1, -0.05) is 26.0 Å². The summed E-state index contributed by atoms with van der Waals surface area (Å²) in [7, 11) is -4.06. The van der Waals surface area contributed by atoms with Gasteiger partial charge in [0.05, 0.1) is 6.04 Å². The first-order valence-corrected chi connectivity index (χ1v) is 8.27. The van der Waals surface area contributed by atoms with Crippen molar-refractivity contribution in [1.82, 2.24) is 10.0 Å². The van der Waals surface area contributed by atoms with E-state index in [2.05, 4.69) is 10.0 Å². The summed E-state index contributed by atoms with van der Waals surface area (Å²) in [5.74, 6) is -0.844. The molecule has 0 saturated heterocycles. The highest BCUT2D eigenvalue weighted by Crippen LogP contribution is 2.13. The Labute approximate surface area is 125 Å². The molecule has 0 aromatic heterocycles. The maximum Gasteiger partial charge on any atom is 0.244 e. The lowest BCUT2D eigenvalue weighted by Gasteiger charge is -2.15. The smallest absolute Gasteiger partial charge is 0.244 e. The lowest BCUT2D eigenvalue weighted by Crippen LogP contribution is -2.45. The van der Waals surface area contributed by atoms with E-state index < -0.39 is 32.7 Å². The van der Waals surface area contributed by atoms with Crippen molar-refractivity contribution in [3.05, 3.63) is 30.1 Å². The summed E-state index contributed by atoms with van der Waals surface area (Å²) in [6.45, 7) is 5.94. The van der Waals surface area contributed by atoms with Gasteiger partial charge in [-0.2, -0.15) is 4.72 Å². The van der Waals surface area contributed by atoms with Crippen LogP contribution in [0.25, 0.3) is 0 Å². The third-order valence-electron chi connectivity index (χ3n) is 2.87. The number of hydrogen-bond acceptors (Lipinski definition) is 3. The molecule has 1 aromatic rings. The van der Waals surface area contributed by atoms with Crippen LogP contribution in [0.3, 0.4) is 0 Å². The number of carbonyl (C=O) groups excluding carboxylic acids is 1. The van der Waals surface area contributed by atoms with Gasteiger partial charge in [0.1, 0.15) is 10.7 Å². The number of nitrogens with one attached hydrogen (secondary N) is 2. The lowest BCUT2D eigenvalue weighted by atomic mass is 10.1. The molecule has 5 nitrogen and oxygen atoms in total. The molecule has 21 heavy (non-hydrogen) atoms. The Bertz CT molecular complexity index is 588. The van der Waals surface area contributed by atoms with Gasteiger partial charge in [-0.15, -0.1) is 0 Å². The maximum absolute atomic E-state index is 13.5. The monoisotopic (exact) mass is 316 g/mol. The van der Waals surface area contributed by atoms with Crippen molar-refractivity contribution in [2.75, 3.05) is 6.54 Å². The number of amides is 1. The molecular formula is C14H21FN2O3S. The van der Waals surface area contributed by atoms with Crippen LogP contribution in [0.4, 0.5) is 4.39 Å². The van der Waals surface area contributed by atoms with Gasteiger partial charge in [-0.3, -0.25) is 4.79 Å². The molecule has 1 atom stereocenters. The van der Waals surface area contributed by atoms with Crippen LogP contribution in [-0.4, -0.2) is 26.9 Å². The molecule has 0 unspecified atom stereocenters. The average molecular weight is 316 g/mol. The molecule has 0 spiro atoms. The molecule has 0 fully saturated rings. The minimum absolute atomic E-state index is 0.435. The van der Waals surface area contributed by atoms with Crippen LogP contribution in [0.5, 0.6) is 0 Å². The second kappa shape index (κ2) is 7.51. The van der Waals surface area contributed by atoms with Crippen LogP contribution in [-0.2, 0) is 14.8 Å². The van der Waals surface area contributed by atoms with Gasteiger partial charge in [0, 0.05) is 6.54 Å². The Hall–Kier alpha value is -1.47. The molecule has 7 heteroatoms. The normalized spacial score (nSPS) is 13.2. The van der Waals surface area contributed by atoms with Crippen molar-refractivity contribution in [2.45, 2.75) is 38.1 Å². The van der Waals surface area contributed by atoms with Crippen LogP contribution in [0.1, 0.15) is 27.2 Å². The van der Waals surface area contributed by atoms with Crippen LogP contribution >= 0.6 is 0 Å². The molecule has 1 rings (SSSR count). The Balaban J connectivity index is 2.67. The van der Waals surface area contributed by atoms with Gasteiger partial charge >= 0.3 is 0 Å². The number of hydrogen-bond donors (Lipinski definition) is 2. The van der Waals surface area contributed by atoms with E-state index in [1.54, 1.807) is 0 Å². The topological polar surface area (TPSA) is 75.3 Å². The second-order valence-electron chi connectivity index (χ2n) is 5.25. The number of carbonyl (C=O) groups is 1. The van der Waals surface area contributed by atoms with E-state index in [0.29, 0.717) is 12.5 Å². The van der Waals surface area contributed by atoms with Crippen molar-refractivity contribution < 1.29 is 17.6 Å². The summed E-state index contributed by atoms with van der Waals surface area (Å²) < 4.78 is 39.7. The Morgan fingerprint density at radius 2 is 1.86 bits per heavy atom. The highest BCUT2D eigenvalue weighted by Gasteiger charge is 2.24. The van der Waals surface area contributed by atoms with Gasteiger partial charge in [0.25, 0.3) is 0 Å². The Morgan fingerprint density at radius 1 is 1.24 bits per heavy atom. The van der Waals surface area contributed by atoms with Crippen molar-refractivity contribution in [1.29, 1.82) is 0 Å². The summed E-state index contributed by atoms with van der Waals surface area (Å²) in [4.78, 5) is 11.3. The molecule has 0 heterocycles. The average Bonchev–Trinajstić information content (AvgIpc) is 2.37. The van der Waals surface area contributed by atoms with Gasteiger partial charge in [-0.25, -0.2) is 12.8 Å². The van der Waals surface area contributed by atoms with Gasteiger partial charge < -0.3 is 5.32 Å². The molecule has 0 aliphatic carbocycles. The van der Waals surface area contributed by atoms with E-state index >= 15 is 0 Å². The highest BCUT2D eigenvalue weighted by atomic mass is 32.2. The molecular weight excluding hydrogens is 295 g/mol. The first-order chi connectivity index (χ1) is 9.74. The molecule has 2 N–H and O–H groups in total. The summed E-state index contributed by atoms with van der Waals surface area (Å²) in [6.07, 6.45) is 0.804. The van der Waals surface area contributed by atoms with Crippen LogP contribution in [0, 0.1) is 11.7 Å². The SMILES string of the molecule is CC(C)CCNC(=O)[C@H](C)NS(=O)(=O)c1ccccc1F. The summed E-state index contributed by atoms with van der Waals surface area (Å²) in [5, 5.41) is 2.64. The number of sulfonamides is 1. The zero-order valence-electron chi connectivity index (χ0n) is 12.4. The molecule has 1 aromatic carbocycles. The van der Waals surface area contributed by atoms with E-state index in [1.807, 2.05) is 13.8 Å². The van der Waals surface area contributed by atoms with Gasteiger partial charge in [-0.05, 0) is 31.4 Å². The van der Waals surface area contributed by atoms with Crippen molar-refractivity contribution in [3.63, 3.8) is 0 Å². The predicted molar refractivity (Wildman–Crippen MR) is 78.6 cm³/mol. The largest absolute Gasteiger partial charge is 0.355 e. The third-order valence-corrected chi connectivity index (χ3v) is 4.45. The first kappa shape index (κ1) is 17.6. The summed E-state index contributed by atoms with van der Waals surface area (Å²) in [5.41, 5.74) is 0. The van der Waals surface area contributed by atoms with Crippen molar-refractivity contribution in [2.24, 2.45) is 5.92 Å². The standard InChI is InChI=1S/C14H21FN2O3S/c1-10(2)8-9-16-14(18)11(3)17-21(19,20)13-7-5-4-6-12(13)15/h4-7,10-11,17H,8-9H2,1-3H3,(H,16,18)/t11-/m0/s1. The van der Waals surface area contributed by atoms with Crippen molar-refractivity contribution in [3.8, 4) is 0 Å². The minimum atomic E-state index is -4.06. The molecule has 0 saturated carbocycles. The molecule has 0 aliphatic rings. The predicted octanol–water partition coefficient (Wildman–Crippen LogP) is 1.65. The molecule has 0 radical (unpaired) electrons. The van der Waals surface area contributed by atoms with E-state index in [1.165, 1.54) is 19.1 Å². The number of halogens is 1. The van der Waals surface area contributed by atoms with Crippen molar-refractivity contribution >= 4 is 15.9 Å². The van der Waals surface area contributed by atoms with Gasteiger partial charge in [0.2, 0.25) is 15.9 Å². The Kier molecular flexibility index (Phi) is 6.29. The fraction of sp³-hybridized carbons (Fsp3) is 0.500. The minimum Gasteiger partial charge on any atom is -0.355 e. The van der Waals surface area contributed by atoms with E-state index in [-0.39, 0.29) is 0 Å². The molecule has 1 amide bonds. The van der Waals surface area contributed by atoms with Crippen LogP contribution in [0.2, 0.25) is 0 Å². The Morgan fingerprint density at radius 3 is 2.43 bits per heavy atom. The summed E-state index contributed by atoms with van der Waals surface area (Å²) in [6, 6.07) is 4.06. The number of rotatable bonds is 7. The van der Waals surface area contributed by atoms with E-state index in [4.69, 9.17) is 0 Å². The van der Waals surface area contributed by atoms with Gasteiger partial charge in [0.15, 0.2) is 0 Å². The second-order valence-corrected chi connectivity index (χ2v) is 6.93. The lowest BCUT2D eigenvalue weighted by molar-refractivity contribution is -0.122. The zero-order chi connectivity index (χ0) is 16.0. The third kappa shape index (κ3) is 5.43. The van der Waals surface area contributed by atoms with E-state index in [9.17, 15) is 17.6 Å². The maximum atomic E-state index is 13.5. The molecule has 0 bridgehead atoms. The fourth-order valence-corrected chi connectivity index (χ4v) is 2.93. The fourth-order valence-electron chi connectivity index (χ4n) is 1.65. The van der Waals surface area contributed by atoms with E-state index in [0.717, 1.165) is 18.6 Å².